The van der Waals surface area contributed by atoms with Gasteiger partial charge in [0.25, 0.3) is 0 Å². The number of amides is 2. The third-order valence-corrected chi connectivity index (χ3v) is 6.84. The van der Waals surface area contributed by atoms with Gasteiger partial charge >= 0.3 is 18.2 Å². The lowest BCUT2D eigenvalue weighted by Crippen LogP contribution is -2.47. The van der Waals surface area contributed by atoms with Gasteiger partial charge in [-0.25, -0.2) is 14.0 Å². The number of carboxylic acids is 1. The van der Waals surface area contributed by atoms with Crippen molar-refractivity contribution in [2.75, 3.05) is 26.2 Å². The second kappa shape index (κ2) is 11.4. The van der Waals surface area contributed by atoms with Crippen LogP contribution in [-0.4, -0.2) is 77.1 Å². The molecule has 0 spiro atoms. The van der Waals surface area contributed by atoms with Crippen molar-refractivity contribution in [1.29, 1.82) is 0 Å². The number of hydrogen-bond donors (Lipinski definition) is 1. The van der Waals surface area contributed by atoms with E-state index in [1.165, 1.54) is 9.80 Å². The molecule has 9 heteroatoms. The van der Waals surface area contributed by atoms with Crippen LogP contribution in [0, 0.1) is 0 Å². The van der Waals surface area contributed by atoms with Crippen molar-refractivity contribution in [3.05, 3.63) is 59.7 Å². The summed E-state index contributed by atoms with van der Waals surface area (Å²) in [7, 11) is 0. The Hall–Kier alpha value is -3.62. The zero-order chi connectivity index (χ0) is 27.4. The van der Waals surface area contributed by atoms with Crippen LogP contribution in [0.25, 0.3) is 11.1 Å². The summed E-state index contributed by atoms with van der Waals surface area (Å²) in [6.45, 7) is 5.32. The molecule has 2 aliphatic rings. The van der Waals surface area contributed by atoms with E-state index in [4.69, 9.17) is 14.6 Å². The van der Waals surface area contributed by atoms with Gasteiger partial charge < -0.3 is 24.4 Å². The van der Waals surface area contributed by atoms with Crippen LogP contribution in [-0.2, 0) is 14.3 Å². The molecule has 0 saturated carbocycles. The smallest absolute Gasteiger partial charge is 0.410 e. The van der Waals surface area contributed by atoms with Crippen LogP contribution in [0.5, 0.6) is 0 Å². The Morgan fingerprint density at radius 3 is 2.24 bits per heavy atom. The predicted octanol–water partition coefficient (Wildman–Crippen LogP) is 5.45. The molecule has 4 rings (SSSR count). The van der Waals surface area contributed by atoms with Crippen molar-refractivity contribution >= 4 is 18.2 Å². The minimum Gasteiger partial charge on any atom is -0.481 e. The zero-order valence-corrected chi connectivity index (χ0v) is 22.1. The Balaban J connectivity index is 1.47. The molecular weight excluding hydrogens is 491 g/mol. The van der Waals surface area contributed by atoms with Crippen molar-refractivity contribution < 1.29 is 33.4 Å². The lowest BCUT2D eigenvalue weighted by Gasteiger charge is -2.32. The number of benzene rings is 2. The van der Waals surface area contributed by atoms with E-state index < -0.39 is 36.0 Å². The van der Waals surface area contributed by atoms with Gasteiger partial charge in [0.15, 0.2) is 0 Å². The molecule has 1 fully saturated rings. The molecule has 1 aliphatic heterocycles. The van der Waals surface area contributed by atoms with E-state index in [0.717, 1.165) is 22.3 Å². The molecule has 0 radical (unpaired) electrons. The first-order chi connectivity index (χ1) is 18.0. The number of rotatable bonds is 8. The summed E-state index contributed by atoms with van der Waals surface area (Å²) in [6, 6.07) is 15.4. The van der Waals surface area contributed by atoms with Crippen LogP contribution in [0.2, 0.25) is 0 Å². The van der Waals surface area contributed by atoms with Crippen molar-refractivity contribution in [3.8, 4) is 11.1 Å². The lowest BCUT2D eigenvalue weighted by molar-refractivity contribution is -0.137. The van der Waals surface area contributed by atoms with Crippen molar-refractivity contribution in [2.45, 2.75) is 63.8 Å². The highest BCUT2D eigenvalue weighted by Gasteiger charge is 2.39. The van der Waals surface area contributed by atoms with Gasteiger partial charge in [-0.1, -0.05) is 48.5 Å². The maximum absolute atomic E-state index is 14.4. The second-order valence-electron chi connectivity index (χ2n) is 10.9. The number of likely N-dealkylation sites (tertiary alicyclic amines) is 1. The van der Waals surface area contributed by atoms with Crippen LogP contribution in [0.15, 0.2) is 48.5 Å². The lowest BCUT2D eigenvalue weighted by atomic mass is 9.98. The predicted molar refractivity (Wildman–Crippen MR) is 140 cm³/mol. The van der Waals surface area contributed by atoms with Gasteiger partial charge in [-0.15, -0.1) is 0 Å². The van der Waals surface area contributed by atoms with Crippen LogP contribution < -0.4 is 0 Å². The fourth-order valence-electron chi connectivity index (χ4n) is 5.19. The molecule has 2 amide bonds. The number of alkyl halides is 1. The average Bonchev–Trinajstić information content (AvgIpc) is 3.38. The molecule has 1 N–H and O–H groups in total. The van der Waals surface area contributed by atoms with Crippen molar-refractivity contribution in [3.63, 3.8) is 0 Å². The quantitative estimate of drug-likeness (QED) is 0.491. The van der Waals surface area contributed by atoms with E-state index in [1.807, 2.05) is 48.5 Å². The minimum absolute atomic E-state index is 0.0238. The summed E-state index contributed by atoms with van der Waals surface area (Å²) in [5.41, 5.74) is 3.62. The number of nitrogens with zero attached hydrogens (tertiary/aromatic N) is 2. The van der Waals surface area contributed by atoms with Gasteiger partial charge in [0.2, 0.25) is 0 Å². The maximum Gasteiger partial charge on any atom is 0.410 e. The topological polar surface area (TPSA) is 96.4 Å². The molecule has 2 atom stereocenters. The molecular formula is C29H35FN2O6. The fourth-order valence-corrected chi connectivity index (χ4v) is 5.19. The van der Waals surface area contributed by atoms with Gasteiger partial charge in [-0.2, -0.15) is 0 Å². The molecule has 0 unspecified atom stereocenters. The van der Waals surface area contributed by atoms with E-state index >= 15 is 0 Å². The second-order valence-corrected chi connectivity index (χ2v) is 10.9. The van der Waals surface area contributed by atoms with Gasteiger partial charge in [0.1, 0.15) is 18.4 Å². The molecule has 1 heterocycles. The number of carbonyl (C=O) groups is 3. The first kappa shape index (κ1) is 27.4. The van der Waals surface area contributed by atoms with E-state index in [1.54, 1.807) is 20.8 Å². The first-order valence-electron chi connectivity index (χ1n) is 13.0. The maximum atomic E-state index is 14.4. The van der Waals surface area contributed by atoms with Crippen LogP contribution in [0.1, 0.15) is 57.1 Å². The molecule has 204 valence electrons. The van der Waals surface area contributed by atoms with E-state index in [2.05, 4.69) is 0 Å². The normalized spacial score (nSPS) is 18.6. The standard InChI is InChI=1S/C29H35FN2O6/c1-29(2,3)38-28(36)32-16-19(30)15-20(32)17-31(14-8-13-26(33)34)27(35)37-18-25-23-11-6-4-9-21(23)22-10-5-7-12-24(22)25/h4-7,9-12,19-20,25H,8,13-18H2,1-3H3,(H,33,34)/t19-,20-/m0/s1. The number of fused-ring (bicyclic) bond motifs is 3. The van der Waals surface area contributed by atoms with Crippen LogP contribution in [0.4, 0.5) is 14.0 Å². The molecule has 8 nitrogen and oxygen atoms in total. The highest BCUT2D eigenvalue weighted by molar-refractivity contribution is 5.79. The van der Waals surface area contributed by atoms with Gasteiger partial charge in [-0.3, -0.25) is 4.79 Å². The molecule has 0 aromatic heterocycles. The van der Waals surface area contributed by atoms with Gasteiger partial charge in [0, 0.05) is 31.8 Å². The van der Waals surface area contributed by atoms with E-state index in [-0.39, 0.29) is 51.4 Å². The number of carbonyl (C=O) groups excluding carboxylic acids is 2. The third kappa shape index (κ3) is 6.44. The van der Waals surface area contributed by atoms with E-state index in [0.29, 0.717) is 0 Å². The Kier molecular flexibility index (Phi) is 8.23. The molecule has 2 aromatic carbocycles. The highest BCUT2D eigenvalue weighted by atomic mass is 19.1. The molecule has 1 saturated heterocycles. The average molecular weight is 527 g/mol. The Bertz CT molecular complexity index is 1130. The summed E-state index contributed by atoms with van der Waals surface area (Å²) in [5.74, 6) is -1.11. The monoisotopic (exact) mass is 526 g/mol. The number of hydrogen-bond acceptors (Lipinski definition) is 5. The van der Waals surface area contributed by atoms with Gasteiger partial charge in [-0.05, 0) is 49.4 Å². The molecule has 2 aromatic rings. The van der Waals surface area contributed by atoms with Crippen LogP contribution in [0.3, 0.4) is 0 Å². The number of carboxylic acid groups (broad SMARTS) is 1. The first-order valence-corrected chi connectivity index (χ1v) is 13.0. The summed E-state index contributed by atoms with van der Waals surface area (Å²) in [6.07, 6.45) is -2.36. The molecule has 1 aliphatic carbocycles. The minimum atomic E-state index is -1.24. The van der Waals surface area contributed by atoms with Crippen LogP contribution >= 0.6 is 0 Å². The Morgan fingerprint density at radius 2 is 1.66 bits per heavy atom. The largest absolute Gasteiger partial charge is 0.481 e. The fraction of sp³-hybridized carbons (Fsp3) is 0.483. The summed E-state index contributed by atoms with van der Waals surface area (Å²) >= 11 is 0. The summed E-state index contributed by atoms with van der Waals surface area (Å²) in [4.78, 5) is 39.8. The van der Waals surface area contributed by atoms with Crippen molar-refractivity contribution in [2.24, 2.45) is 0 Å². The van der Waals surface area contributed by atoms with Gasteiger partial charge in [0.05, 0.1) is 12.6 Å². The molecule has 0 bridgehead atoms. The van der Waals surface area contributed by atoms with Crippen molar-refractivity contribution in [1.82, 2.24) is 9.80 Å². The Morgan fingerprint density at radius 1 is 1.05 bits per heavy atom. The summed E-state index contributed by atoms with van der Waals surface area (Å²) < 4.78 is 25.6. The Labute approximate surface area is 222 Å². The molecule has 38 heavy (non-hydrogen) atoms. The highest BCUT2D eigenvalue weighted by Crippen LogP contribution is 2.44. The third-order valence-electron chi connectivity index (χ3n) is 6.84. The summed E-state index contributed by atoms with van der Waals surface area (Å²) in [5, 5.41) is 9.09. The van der Waals surface area contributed by atoms with E-state index in [9.17, 15) is 18.8 Å². The number of ether oxygens (including phenoxy) is 2. The zero-order valence-electron chi connectivity index (χ0n) is 22.1. The number of aliphatic carboxylic acids is 1. The number of halogens is 1. The SMILES string of the molecule is CC(C)(C)OC(=O)N1C[C@@H](F)C[C@H]1CN(CCCC(=O)O)C(=O)OCC1c2ccccc2-c2ccccc21.